The van der Waals surface area contributed by atoms with Crippen molar-refractivity contribution >= 4 is 23.4 Å². The van der Waals surface area contributed by atoms with E-state index in [0.29, 0.717) is 12.3 Å². The predicted octanol–water partition coefficient (Wildman–Crippen LogP) is 2.43. The highest BCUT2D eigenvalue weighted by molar-refractivity contribution is 7.98. The number of amides is 1. The van der Waals surface area contributed by atoms with Crippen molar-refractivity contribution in [3.63, 3.8) is 0 Å². The molecule has 20 heavy (non-hydrogen) atoms. The monoisotopic (exact) mass is 307 g/mol. The lowest BCUT2D eigenvalue weighted by atomic mass is 10.1. The maximum Gasteiger partial charge on any atom is 0.418 e. The number of nitrogens with one attached hydrogen (secondary N) is 1. The van der Waals surface area contributed by atoms with Crippen LogP contribution in [0.15, 0.2) is 18.2 Å². The summed E-state index contributed by atoms with van der Waals surface area (Å²) >= 11 is 1.55. The zero-order valence-corrected chi connectivity index (χ0v) is 11.9. The second kappa shape index (κ2) is 6.85. The van der Waals surface area contributed by atoms with Crippen LogP contribution >= 0.6 is 11.8 Å². The minimum atomic E-state index is -4.57. The standard InChI is InChI=1S/C12H16F3N3OS/c1-18(6-7-20-2)11(19)8-4-3-5-9(10(8)17-16)12(13,14)15/h3-5,17H,6-7,16H2,1-2H3. The Kier molecular flexibility index (Phi) is 5.70. The normalized spacial score (nSPS) is 11.3. The lowest BCUT2D eigenvalue weighted by molar-refractivity contribution is -0.137. The van der Waals surface area contributed by atoms with Gasteiger partial charge in [-0.05, 0) is 18.4 Å². The molecular formula is C12H16F3N3OS. The third kappa shape index (κ3) is 3.80. The van der Waals surface area contributed by atoms with E-state index < -0.39 is 23.3 Å². The fourth-order valence-electron chi connectivity index (χ4n) is 1.66. The first-order valence-corrected chi connectivity index (χ1v) is 7.13. The van der Waals surface area contributed by atoms with Crippen LogP contribution in [0, 0.1) is 0 Å². The lowest BCUT2D eigenvalue weighted by Gasteiger charge is -2.20. The number of halogens is 3. The Morgan fingerprint density at radius 1 is 1.45 bits per heavy atom. The number of anilines is 1. The molecule has 0 aliphatic rings. The van der Waals surface area contributed by atoms with Gasteiger partial charge in [-0.2, -0.15) is 24.9 Å². The summed E-state index contributed by atoms with van der Waals surface area (Å²) in [7, 11) is 1.54. The molecule has 0 saturated carbocycles. The highest BCUT2D eigenvalue weighted by atomic mass is 32.2. The van der Waals surface area contributed by atoms with Gasteiger partial charge in [0.1, 0.15) is 0 Å². The number of benzene rings is 1. The van der Waals surface area contributed by atoms with E-state index in [1.165, 1.54) is 17.0 Å². The highest BCUT2D eigenvalue weighted by Crippen LogP contribution is 2.36. The van der Waals surface area contributed by atoms with Gasteiger partial charge in [-0.1, -0.05) is 6.07 Å². The quantitative estimate of drug-likeness (QED) is 0.648. The van der Waals surface area contributed by atoms with E-state index >= 15 is 0 Å². The van der Waals surface area contributed by atoms with Crippen LogP contribution in [0.1, 0.15) is 15.9 Å². The number of nitrogens with zero attached hydrogens (tertiary/aromatic N) is 1. The Morgan fingerprint density at radius 2 is 2.10 bits per heavy atom. The van der Waals surface area contributed by atoms with E-state index in [2.05, 4.69) is 0 Å². The van der Waals surface area contributed by atoms with Gasteiger partial charge in [0.2, 0.25) is 0 Å². The highest BCUT2D eigenvalue weighted by Gasteiger charge is 2.35. The number of carbonyl (C=O) groups is 1. The zero-order valence-electron chi connectivity index (χ0n) is 11.1. The van der Waals surface area contributed by atoms with Gasteiger partial charge in [0.25, 0.3) is 5.91 Å². The Morgan fingerprint density at radius 3 is 2.60 bits per heavy atom. The minimum Gasteiger partial charge on any atom is -0.341 e. The van der Waals surface area contributed by atoms with E-state index in [1.807, 2.05) is 11.7 Å². The maximum atomic E-state index is 12.9. The van der Waals surface area contributed by atoms with Crippen LogP contribution in [-0.4, -0.2) is 36.4 Å². The molecular weight excluding hydrogens is 291 g/mol. The molecule has 0 fully saturated rings. The van der Waals surface area contributed by atoms with Crippen molar-refractivity contribution in [2.24, 2.45) is 5.84 Å². The number of alkyl halides is 3. The van der Waals surface area contributed by atoms with E-state index in [-0.39, 0.29) is 5.56 Å². The third-order valence-electron chi connectivity index (χ3n) is 2.72. The Labute approximate surface area is 119 Å². The number of para-hydroxylation sites is 1. The number of carbonyl (C=O) groups excluding carboxylic acids is 1. The lowest BCUT2D eigenvalue weighted by Crippen LogP contribution is -2.30. The second-order valence-electron chi connectivity index (χ2n) is 4.09. The van der Waals surface area contributed by atoms with Crippen molar-refractivity contribution in [3.8, 4) is 0 Å². The van der Waals surface area contributed by atoms with Gasteiger partial charge in [0, 0.05) is 19.3 Å². The molecule has 0 saturated heterocycles. The third-order valence-corrected chi connectivity index (χ3v) is 3.31. The van der Waals surface area contributed by atoms with E-state index in [9.17, 15) is 18.0 Å². The Hall–Kier alpha value is -1.41. The molecule has 0 radical (unpaired) electrons. The first-order chi connectivity index (χ1) is 9.32. The molecule has 1 amide bonds. The maximum absolute atomic E-state index is 12.9. The summed E-state index contributed by atoms with van der Waals surface area (Å²) in [5.41, 5.74) is 0.542. The number of rotatable bonds is 5. The topological polar surface area (TPSA) is 58.4 Å². The Bertz CT molecular complexity index is 480. The van der Waals surface area contributed by atoms with Gasteiger partial charge in [-0.15, -0.1) is 0 Å². The van der Waals surface area contributed by atoms with Gasteiger partial charge >= 0.3 is 6.18 Å². The second-order valence-corrected chi connectivity index (χ2v) is 5.08. The average molecular weight is 307 g/mol. The molecule has 0 heterocycles. The largest absolute Gasteiger partial charge is 0.418 e. The number of hydrogen-bond acceptors (Lipinski definition) is 4. The van der Waals surface area contributed by atoms with E-state index in [4.69, 9.17) is 5.84 Å². The SMILES string of the molecule is CSCCN(C)C(=O)c1cccc(C(F)(F)F)c1NN. The number of thioether (sulfide) groups is 1. The van der Waals surface area contributed by atoms with Crippen LogP contribution in [0.2, 0.25) is 0 Å². The number of nitrogen functional groups attached to an aromatic ring is 1. The summed E-state index contributed by atoms with van der Waals surface area (Å²) < 4.78 is 38.6. The molecule has 0 atom stereocenters. The van der Waals surface area contributed by atoms with Crippen molar-refractivity contribution in [2.45, 2.75) is 6.18 Å². The number of nitrogens with two attached hydrogens (primary N) is 1. The minimum absolute atomic E-state index is 0.0917. The van der Waals surface area contributed by atoms with Crippen LogP contribution in [0.3, 0.4) is 0 Å². The smallest absolute Gasteiger partial charge is 0.341 e. The molecule has 4 nitrogen and oxygen atoms in total. The van der Waals surface area contributed by atoms with Crippen LogP contribution in [0.4, 0.5) is 18.9 Å². The van der Waals surface area contributed by atoms with Crippen LogP contribution in [0.5, 0.6) is 0 Å². The van der Waals surface area contributed by atoms with Crippen molar-refractivity contribution in [1.29, 1.82) is 0 Å². The zero-order chi connectivity index (χ0) is 15.3. The van der Waals surface area contributed by atoms with Gasteiger partial charge in [-0.25, -0.2) is 0 Å². The van der Waals surface area contributed by atoms with E-state index in [0.717, 1.165) is 6.07 Å². The molecule has 0 bridgehead atoms. The average Bonchev–Trinajstić information content (AvgIpc) is 2.41. The molecule has 112 valence electrons. The molecule has 0 aromatic heterocycles. The Balaban J connectivity index is 3.15. The summed E-state index contributed by atoms with van der Waals surface area (Å²) in [5.74, 6) is 5.36. The van der Waals surface area contributed by atoms with Crippen LogP contribution < -0.4 is 11.3 Å². The number of hydrogen-bond donors (Lipinski definition) is 2. The van der Waals surface area contributed by atoms with Crippen molar-refractivity contribution < 1.29 is 18.0 Å². The van der Waals surface area contributed by atoms with Gasteiger partial charge in [0.15, 0.2) is 0 Å². The molecule has 0 spiro atoms. The molecule has 3 N–H and O–H groups in total. The summed E-state index contributed by atoms with van der Waals surface area (Å²) in [6, 6.07) is 3.40. The number of hydrazine groups is 1. The molecule has 1 aromatic carbocycles. The van der Waals surface area contributed by atoms with Crippen molar-refractivity contribution in [1.82, 2.24) is 4.90 Å². The summed E-state index contributed by atoms with van der Waals surface area (Å²) in [6.07, 6.45) is -2.69. The predicted molar refractivity (Wildman–Crippen MR) is 74.6 cm³/mol. The van der Waals surface area contributed by atoms with E-state index in [1.54, 1.807) is 18.8 Å². The van der Waals surface area contributed by atoms with Crippen molar-refractivity contribution in [3.05, 3.63) is 29.3 Å². The van der Waals surface area contributed by atoms with Gasteiger partial charge < -0.3 is 10.3 Å². The fraction of sp³-hybridized carbons (Fsp3) is 0.417. The first-order valence-electron chi connectivity index (χ1n) is 5.74. The van der Waals surface area contributed by atoms with Crippen LogP contribution in [0.25, 0.3) is 0 Å². The first kappa shape index (κ1) is 16.6. The van der Waals surface area contributed by atoms with Gasteiger partial charge in [-0.3, -0.25) is 10.6 Å². The molecule has 0 unspecified atom stereocenters. The molecule has 1 rings (SSSR count). The summed E-state index contributed by atoms with van der Waals surface area (Å²) in [4.78, 5) is 13.5. The fourth-order valence-corrected chi connectivity index (χ4v) is 2.11. The van der Waals surface area contributed by atoms with Crippen molar-refractivity contribution in [2.75, 3.05) is 31.0 Å². The van der Waals surface area contributed by atoms with Crippen LogP contribution in [-0.2, 0) is 6.18 Å². The molecule has 8 heteroatoms. The summed E-state index contributed by atoms with van der Waals surface area (Å²) in [5, 5.41) is 0. The summed E-state index contributed by atoms with van der Waals surface area (Å²) in [6.45, 7) is 0.445. The molecule has 1 aromatic rings. The molecule has 0 aliphatic carbocycles. The van der Waals surface area contributed by atoms with Gasteiger partial charge in [0.05, 0.1) is 16.8 Å². The molecule has 0 aliphatic heterocycles.